The lowest BCUT2D eigenvalue weighted by atomic mass is 9.77. The van der Waals surface area contributed by atoms with E-state index in [-0.39, 0.29) is 25.7 Å². The molecule has 1 aliphatic heterocycles. The summed E-state index contributed by atoms with van der Waals surface area (Å²) in [4.78, 5) is 13.1. The van der Waals surface area contributed by atoms with Gasteiger partial charge in [0.05, 0.1) is 33.0 Å². The van der Waals surface area contributed by atoms with Crippen molar-refractivity contribution in [3.05, 3.63) is 179 Å². The molecule has 258 valence electrons. The largest absolute Gasteiger partial charge is 0.374 e. The van der Waals surface area contributed by atoms with Crippen molar-refractivity contribution in [2.24, 2.45) is 0 Å². The molecule has 1 saturated heterocycles. The standard InChI is InChI=1S/C43H45NO6/c1-33(45)44-40-42(48-30-37-23-13-5-14-24-37)50-39(32-46-28-35-19-9-3-10-20-35)41(47-29-36-21-11-4-12-22-36)43(40,27-34-17-7-2-8-18-34)49-31-38-25-15-6-16-26-38/h2-26,39-42H,27-32H2,1H3,(H,44,45)/t39-,40-,41-,42+,43-/m1/s1. The van der Waals surface area contributed by atoms with E-state index in [1.807, 2.05) is 140 Å². The summed E-state index contributed by atoms with van der Waals surface area (Å²) in [5.74, 6) is -0.228. The molecule has 0 spiro atoms. The highest BCUT2D eigenvalue weighted by molar-refractivity contribution is 5.73. The normalized spacial score (nSPS) is 21.8. The van der Waals surface area contributed by atoms with Crippen molar-refractivity contribution in [3.63, 3.8) is 0 Å². The molecule has 5 aromatic rings. The number of hydrogen-bond donors (Lipinski definition) is 1. The average Bonchev–Trinajstić information content (AvgIpc) is 3.16. The van der Waals surface area contributed by atoms with Crippen molar-refractivity contribution < 1.29 is 28.5 Å². The van der Waals surface area contributed by atoms with Crippen LogP contribution >= 0.6 is 0 Å². The highest BCUT2D eigenvalue weighted by Crippen LogP contribution is 2.40. The molecule has 6 rings (SSSR count). The molecule has 50 heavy (non-hydrogen) atoms. The Bertz CT molecular complexity index is 1710. The molecule has 0 saturated carbocycles. The molecule has 0 radical (unpaired) electrons. The van der Waals surface area contributed by atoms with Gasteiger partial charge in [0.2, 0.25) is 5.91 Å². The van der Waals surface area contributed by atoms with Crippen molar-refractivity contribution in [3.8, 4) is 0 Å². The fourth-order valence-electron chi connectivity index (χ4n) is 6.48. The van der Waals surface area contributed by atoms with Crippen LogP contribution in [0.4, 0.5) is 0 Å². The molecule has 1 N–H and O–H groups in total. The highest BCUT2D eigenvalue weighted by atomic mass is 16.7. The van der Waals surface area contributed by atoms with Crippen molar-refractivity contribution in [2.75, 3.05) is 6.61 Å². The number of nitrogens with one attached hydrogen (secondary N) is 1. The van der Waals surface area contributed by atoms with E-state index >= 15 is 0 Å². The Morgan fingerprint density at radius 2 is 1.04 bits per heavy atom. The summed E-state index contributed by atoms with van der Waals surface area (Å²) < 4.78 is 34.0. The van der Waals surface area contributed by atoms with Crippen molar-refractivity contribution in [2.45, 2.75) is 69.9 Å². The van der Waals surface area contributed by atoms with Gasteiger partial charge in [-0.2, -0.15) is 0 Å². The average molecular weight is 672 g/mol. The molecule has 0 unspecified atom stereocenters. The SMILES string of the molecule is CC(=O)N[C@@H]1[C@@H](OCc2ccccc2)O[C@H](COCc2ccccc2)[C@@H](OCc2ccccc2)[C@]1(Cc1ccccc1)OCc1ccccc1. The summed E-state index contributed by atoms with van der Waals surface area (Å²) in [7, 11) is 0. The number of hydrogen-bond acceptors (Lipinski definition) is 6. The van der Waals surface area contributed by atoms with Crippen LogP contribution < -0.4 is 5.32 Å². The van der Waals surface area contributed by atoms with E-state index in [9.17, 15) is 4.79 Å². The molecule has 0 aliphatic carbocycles. The second-order valence-electron chi connectivity index (χ2n) is 12.6. The molecule has 7 nitrogen and oxygen atoms in total. The summed E-state index contributed by atoms with van der Waals surface area (Å²) >= 11 is 0. The third-order valence-electron chi connectivity index (χ3n) is 8.88. The lowest BCUT2D eigenvalue weighted by Gasteiger charge is -2.54. The molecular formula is C43H45NO6. The first-order valence-corrected chi connectivity index (χ1v) is 17.2. The molecule has 5 aromatic carbocycles. The van der Waals surface area contributed by atoms with Crippen molar-refractivity contribution in [1.29, 1.82) is 0 Å². The molecule has 5 atom stereocenters. The minimum atomic E-state index is -1.15. The van der Waals surface area contributed by atoms with Crippen LogP contribution in [0, 0.1) is 0 Å². The summed E-state index contributed by atoms with van der Waals surface area (Å²) in [5.41, 5.74) is 3.90. The van der Waals surface area contributed by atoms with Crippen LogP contribution in [0.2, 0.25) is 0 Å². The van der Waals surface area contributed by atoms with Gasteiger partial charge in [-0.3, -0.25) is 4.79 Å². The Morgan fingerprint density at radius 3 is 1.54 bits per heavy atom. The Labute approximate surface area is 295 Å². The van der Waals surface area contributed by atoms with E-state index in [0.29, 0.717) is 19.6 Å². The monoisotopic (exact) mass is 671 g/mol. The van der Waals surface area contributed by atoms with Crippen LogP contribution in [0.1, 0.15) is 34.7 Å². The Balaban J connectivity index is 1.43. The predicted octanol–water partition coefficient (Wildman–Crippen LogP) is 7.43. The van der Waals surface area contributed by atoms with Crippen LogP contribution in [0.15, 0.2) is 152 Å². The van der Waals surface area contributed by atoms with Crippen LogP contribution in [-0.4, -0.2) is 42.7 Å². The summed E-state index contributed by atoms with van der Waals surface area (Å²) in [6.45, 7) is 2.96. The Morgan fingerprint density at radius 1 is 0.600 bits per heavy atom. The number of amides is 1. The predicted molar refractivity (Wildman–Crippen MR) is 193 cm³/mol. The first kappa shape index (κ1) is 35.2. The Hall–Kier alpha value is -4.63. The van der Waals surface area contributed by atoms with Gasteiger partial charge in [-0.25, -0.2) is 0 Å². The molecule has 1 fully saturated rings. The van der Waals surface area contributed by atoms with Crippen molar-refractivity contribution in [1.82, 2.24) is 5.32 Å². The van der Waals surface area contributed by atoms with E-state index in [2.05, 4.69) is 17.4 Å². The topological polar surface area (TPSA) is 75.3 Å². The van der Waals surface area contributed by atoms with Crippen LogP contribution in [0.25, 0.3) is 0 Å². The fraction of sp³-hybridized carbons (Fsp3) is 0.279. The number of benzene rings is 5. The molecular weight excluding hydrogens is 626 g/mol. The maximum atomic E-state index is 13.1. The quantitative estimate of drug-likeness (QED) is 0.118. The first-order chi connectivity index (χ1) is 24.6. The molecule has 0 bridgehead atoms. The minimum Gasteiger partial charge on any atom is -0.374 e. The molecule has 1 heterocycles. The van der Waals surface area contributed by atoms with Crippen LogP contribution in [0.5, 0.6) is 0 Å². The van der Waals surface area contributed by atoms with Gasteiger partial charge in [-0.15, -0.1) is 0 Å². The smallest absolute Gasteiger partial charge is 0.217 e. The van der Waals surface area contributed by atoms with Crippen molar-refractivity contribution >= 4 is 5.91 Å². The van der Waals surface area contributed by atoms with E-state index in [0.717, 1.165) is 27.8 Å². The van der Waals surface area contributed by atoms with Gasteiger partial charge in [-0.1, -0.05) is 152 Å². The summed E-state index contributed by atoms with van der Waals surface area (Å²) in [6, 6.07) is 49.5. The third-order valence-corrected chi connectivity index (χ3v) is 8.88. The maximum absolute atomic E-state index is 13.1. The number of carbonyl (C=O) groups excluding carboxylic acids is 1. The van der Waals surface area contributed by atoms with E-state index < -0.39 is 30.1 Å². The first-order valence-electron chi connectivity index (χ1n) is 17.2. The molecule has 1 aliphatic rings. The van der Waals surface area contributed by atoms with E-state index in [4.69, 9.17) is 23.7 Å². The van der Waals surface area contributed by atoms with Gasteiger partial charge < -0.3 is 29.0 Å². The van der Waals surface area contributed by atoms with Crippen LogP contribution in [0.3, 0.4) is 0 Å². The lowest BCUT2D eigenvalue weighted by Crippen LogP contribution is -2.74. The zero-order valence-corrected chi connectivity index (χ0v) is 28.4. The third kappa shape index (κ3) is 9.53. The second-order valence-corrected chi connectivity index (χ2v) is 12.6. The van der Waals surface area contributed by atoms with E-state index in [1.54, 1.807) is 0 Å². The lowest BCUT2D eigenvalue weighted by molar-refractivity contribution is -0.325. The zero-order valence-electron chi connectivity index (χ0n) is 28.4. The summed E-state index contributed by atoms with van der Waals surface area (Å²) in [6.07, 6.45) is -1.78. The van der Waals surface area contributed by atoms with Gasteiger partial charge in [0.1, 0.15) is 23.9 Å². The van der Waals surface area contributed by atoms with Gasteiger partial charge >= 0.3 is 0 Å². The molecule has 0 aromatic heterocycles. The number of ether oxygens (including phenoxy) is 5. The highest BCUT2D eigenvalue weighted by Gasteiger charge is 2.59. The van der Waals surface area contributed by atoms with Crippen LogP contribution in [-0.2, 0) is 61.3 Å². The zero-order chi connectivity index (χ0) is 34.4. The second kappa shape index (κ2) is 17.9. The number of rotatable bonds is 16. The number of carbonyl (C=O) groups is 1. The fourth-order valence-corrected chi connectivity index (χ4v) is 6.48. The minimum absolute atomic E-state index is 0.206. The van der Waals surface area contributed by atoms with Gasteiger partial charge in [0, 0.05) is 13.3 Å². The summed E-state index contributed by atoms with van der Waals surface area (Å²) in [5, 5.41) is 3.21. The van der Waals surface area contributed by atoms with Gasteiger partial charge in [-0.05, 0) is 27.8 Å². The Kier molecular flexibility index (Phi) is 12.6. The molecule has 1 amide bonds. The van der Waals surface area contributed by atoms with E-state index in [1.165, 1.54) is 6.92 Å². The molecule has 7 heteroatoms. The van der Waals surface area contributed by atoms with Gasteiger partial charge in [0.25, 0.3) is 0 Å². The maximum Gasteiger partial charge on any atom is 0.217 e. The van der Waals surface area contributed by atoms with Gasteiger partial charge in [0.15, 0.2) is 6.29 Å².